The molecule has 0 aromatic carbocycles. The highest BCUT2D eigenvalue weighted by atomic mass is 15.0. The first-order valence-electron chi connectivity index (χ1n) is 21.4. The molecule has 298 valence electrons. The molecule has 0 N–H and O–H groups in total. The van der Waals surface area contributed by atoms with Crippen LogP contribution in [-0.2, 0) is 13.1 Å². The molecular formula is C52H60N6. The van der Waals surface area contributed by atoms with E-state index in [-0.39, 0.29) is 0 Å². The molecule has 0 aliphatic rings. The van der Waals surface area contributed by atoms with E-state index in [0.717, 1.165) is 46.7 Å². The first kappa shape index (κ1) is 41.7. The molecule has 6 heteroatoms. The molecule has 6 rings (SSSR count). The van der Waals surface area contributed by atoms with E-state index < -0.39 is 0 Å². The molecule has 2 atom stereocenters. The van der Waals surface area contributed by atoms with Gasteiger partial charge in [-0.25, -0.2) is 0 Å². The predicted octanol–water partition coefficient (Wildman–Crippen LogP) is 13.7. The van der Waals surface area contributed by atoms with E-state index in [4.69, 9.17) is 9.97 Å². The van der Waals surface area contributed by atoms with Gasteiger partial charge in [0.2, 0.25) is 0 Å². The third-order valence-electron chi connectivity index (χ3n) is 11.1. The minimum Gasteiger partial charge on any atom is -0.341 e. The molecule has 0 aliphatic carbocycles. The van der Waals surface area contributed by atoms with Crippen LogP contribution in [0.2, 0.25) is 0 Å². The summed E-state index contributed by atoms with van der Waals surface area (Å²) in [6.45, 7) is 11.2. The van der Waals surface area contributed by atoms with Crippen molar-refractivity contribution in [3.63, 3.8) is 0 Å². The van der Waals surface area contributed by atoms with E-state index in [1.807, 2.05) is 61.4 Å². The van der Waals surface area contributed by atoms with Crippen molar-refractivity contribution in [2.75, 3.05) is 0 Å². The number of aromatic nitrogens is 6. The average Bonchev–Trinajstić information content (AvgIpc) is 3.86. The topological polar surface area (TPSA) is 61.4 Å². The molecule has 0 spiro atoms. The summed E-state index contributed by atoms with van der Waals surface area (Å²) in [4.78, 5) is 17.9. The highest BCUT2D eigenvalue weighted by molar-refractivity contribution is 5.76. The summed E-state index contributed by atoms with van der Waals surface area (Å²) in [5.41, 5.74) is 11.0. The van der Waals surface area contributed by atoms with Gasteiger partial charge in [0.1, 0.15) is 0 Å². The summed E-state index contributed by atoms with van der Waals surface area (Å²) < 4.78 is 4.95. The zero-order valence-corrected chi connectivity index (χ0v) is 34.9. The molecule has 6 aromatic rings. The van der Waals surface area contributed by atoms with Crippen LogP contribution in [0.5, 0.6) is 0 Å². The van der Waals surface area contributed by atoms with E-state index in [9.17, 15) is 0 Å². The van der Waals surface area contributed by atoms with Gasteiger partial charge in [0.15, 0.2) is 0 Å². The fourth-order valence-electron chi connectivity index (χ4n) is 7.41. The monoisotopic (exact) mass is 768 g/mol. The first-order valence-corrected chi connectivity index (χ1v) is 21.4. The normalized spacial score (nSPS) is 13.1. The van der Waals surface area contributed by atoms with E-state index in [0.29, 0.717) is 11.8 Å². The van der Waals surface area contributed by atoms with Crippen molar-refractivity contribution >= 4 is 48.6 Å². The fourth-order valence-corrected chi connectivity index (χ4v) is 7.41. The Bertz CT molecular complexity index is 2090. The molecule has 6 aromatic heterocycles. The lowest BCUT2D eigenvalue weighted by Crippen LogP contribution is -2.12. The standard InChI is InChI=1S/C52H60N6/c1-5-9-11-41(7-3)39-57-47(17-13-43-25-31-53-32-26-43)21-23-49(57)19-15-45-29-35-55-51(37-45)52-38-46(30-36-56-52)16-20-50-24-22-48(18-14-44-27-33-54-34-28-44)58(50)40-42(8-4)12-10-6-2/h13-38,41-42H,5-12,39-40H2,1-4H3/b17-13+,18-14+,19-15+,20-16+. The van der Waals surface area contributed by atoms with Gasteiger partial charge in [0, 0.05) is 73.0 Å². The second kappa shape index (κ2) is 22.2. The van der Waals surface area contributed by atoms with Gasteiger partial charge < -0.3 is 9.13 Å². The number of nitrogens with zero attached hydrogens (tertiary/aromatic N) is 6. The summed E-state index contributed by atoms with van der Waals surface area (Å²) in [5.74, 6) is 1.26. The van der Waals surface area contributed by atoms with Crippen LogP contribution in [0, 0.1) is 11.8 Å². The average molecular weight is 769 g/mol. The summed E-state index contributed by atoms with van der Waals surface area (Å²) in [6, 6.07) is 25.5. The van der Waals surface area contributed by atoms with Crippen LogP contribution in [0.4, 0.5) is 0 Å². The van der Waals surface area contributed by atoms with Crippen LogP contribution in [0.1, 0.15) is 124 Å². The number of unbranched alkanes of at least 4 members (excludes halogenated alkanes) is 2. The second-order valence-electron chi connectivity index (χ2n) is 15.3. The van der Waals surface area contributed by atoms with Crippen LogP contribution in [0.25, 0.3) is 60.0 Å². The Morgan fingerprint density at radius 1 is 0.431 bits per heavy atom. The number of pyridine rings is 4. The van der Waals surface area contributed by atoms with E-state index in [1.165, 1.54) is 74.1 Å². The van der Waals surface area contributed by atoms with Gasteiger partial charge >= 0.3 is 0 Å². The number of hydrogen-bond donors (Lipinski definition) is 0. The molecule has 0 radical (unpaired) electrons. The summed E-state index contributed by atoms with van der Waals surface area (Å²) in [5, 5.41) is 0. The molecule has 0 amide bonds. The molecule has 6 nitrogen and oxygen atoms in total. The smallest absolute Gasteiger partial charge is 0.0892 e. The van der Waals surface area contributed by atoms with Crippen LogP contribution in [0.15, 0.2) is 110 Å². The summed E-state index contributed by atoms with van der Waals surface area (Å²) >= 11 is 0. The third-order valence-corrected chi connectivity index (χ3v) is 11.1. The van der Waals surface area contributed by atoms with Crippen molar-refractivity contribution in [3.8, 4) is 11.4 Å². The Balaban J connectivity index is 1.22. The molecule has 0 saturated carbocycles. The number of rotatable bonds is 21. The van der Waals surface area contributed by atoms with Gasteiger partial charge in [0.05, 0.1) is 11.4 Å². The SMILES string of the molecule is CCCCC(CC)Cn1c(/C=C/c2ccncc2)ccc1/C=C/c1ccnc(-c2cc(/C=C/c3ccc(/C=C/c4ccncc4)n3CC(CC)CCCC)ccn2)c1. The second-order valence-corrected chi connectivity index (χ2v) is 15.3. The molecule has 0 aliphatic heterocycles. The van der Waals surface area contributed by atoms with Gasteiger partial charge in [-0.05, 0) is 144 Å². The Kier molecular flexibility index (Phi) is 16.0. The van der Waals surface area contributed by atoms with Crippen LogP contribution < -0.4 is 0 Å². The Morgan fingerprint density at radius 3 is 1.12 bits per heavy atom. The molecular weight excluding hydrogens is 709 g/mol. The molecule has 58 heavy (non-hydrogen) atoms. The van der Waals surface area contributed by atoms with E-state index in [1.54, 1.807) is 0 Å². The van der Waals surface area contributed by atoms with Gasteiger partial charge in [-0.3, -0.25) is 19.9 Å². The molecule has 0 fully saturated rings. The Morgan fingerprint density at radius 2 is 0.776 bits per heavy atom. The van der Waals surface area contributed by atoms with Crippen molar-refractivity contribution in [3.05, 3.63) is 155 Å². The van der Waals surface area contributed by atoms with Crippen LogP contribution in [-0.4, -0.2) is 29.1 Å². The van der Waals surface area contributed by atoms with Gasteiger partial charge in [0.25, 0.3) is 0 Å². The van der Waals surface area contributed by atoms with Crippen molar-refractivity contribution < 1.29 is 0 Å². The molecule has 0 bridgehead atoms. The maximum Gasteiger partial charge on any atom is 0.0892 e. The van der Waals surface area contributed by atoms with Crippen molar-refractivity contribution in [1.82, 2.24) is 29.1 Å². The molecule has 2 unspecified atom stereocenters. The minimum atomic E-state index is 0.632. The summed E-state index contributed by atoms with van der Waals surface area (Å²) in [6.07, 6.45) is 38.6. The summed E-state index contributed by atoms with van der Waals surface area (Å²) in [7, 11) is 0. The van der Waals surface area contributed by atoms with Crippen LogP contribution >= 0.6 is 0 Å². The highest BCUT2D eigenvalue weighted by Gasteiger charge is 2.13. The highest BCUT2D eigenvalue weighted by Crippen LogP contribution is 2.25. The van der Waals surface area contributed by atoms with Crippen molar-refractivity contribution in [1.29, 1.82) is 0 Å². The maximum absolute atomic E-state index is 4.75. The zero-order valence-electron chi connectivity index (χ0n) is 34.9. The lowest BCUT2D eigenvalue weighted by molar-refractivity contribution is 0.389. The third kappa shape index (κ3) is 12.1. The van der Waals surface area contributed by atoms with Crippen LogP contribution in [0.3, 0.4) is 0 Å². The van der Waals surface area contributed by atoms with E-state index in [2.05, 4.69) is 144 Å². The minimum absolute atomic E-state index is 0.632. The molecule has 6 heterocycles. The quantitative estimate of drug-likeness (QED) is 0.0731. The van der Waals surface area contributed by atoms with Crippen molar-refractivity contribution in [2.45, 2.75) is 92.2 Å². The Hall–Kier alpha value is -5.88. The van der Waals surface area contributed by atoms with Gasteiger partial charge in [-0.15, -0.1) is 0 Å². The lowest BCUT2D eigenvalue weighted by atomic mass is 9.99. The lowest BCUT2D eigenvalue weighted by Gasteiger charge is -2.19. The predicted molar refractivity (Wildman–Crippen MR) is 247 cm³/mol. The maximum atomic E-state index is 4.75. The van der Waals surface area contributed by atoms with E-state index >= 15 is 0 Å². The van der Waals surface area contributed by atoms with Gasteiger partial charge in [-0.1, -0.05) is 90.5 Å². The zero-order chi connectivity index (χ0) is 40.4. The first-order chi connectivity index (χ1) is 28.6. The fraction of sp³-hybridized carbons (Fsp3) is 0.308. The molecule has 0 saturated heterocycles. The Labute approximate surface area is 346 Å². The number of hydrogen-bond acceptors (Lipinski definition) is 4. The van der Waals surface area contributed by atoms with Gasteiger partial charge in [-0.2, -0.15) is 0 Å². The largest absolute Gasteiger partial charge is 0.341 e. The van der Waals surface area contributed by atoms with Crippen molar-refractivity contribution in [2.24, 2.45) is 11.8 Å².